The molecular formula is C13H14BrN3O. The van der Waals surface area contributed by atoms with Crippen molar-refractivity contribution >= 4 is 27.5 Å². The van der Waals surface area contributed by atoms with Gasteiger partial charge in [-0.05, 0) is 45.8 Å². The number of nitrogens with one attached hydrogen (secondary N) is 1. The van der Waals surface area contributed by atoms with Crippen molar-refractivity contribution < 1.29 is 4.79 Å². The number of aromatic nitrogens is 1. The van der Waals surface area contributed by atoms with Gasteiger partial charge in [0.05, 0.1) is 5.56 Å². The molecular weight excluding hydrogens is 294 g/mol. The second-order valence-electron chi connectivity index (χ2n) is 4.11. The summed E-state index contributed by atoms with van der Waals surface area (Å²) in [5.74, 6) is -0.141. The molecule has 0 aliphatic rings. The van der Waals surface area contributed by atoms with Crippen LogP contribution in [0.4, 0.5) is 5.69 Å². The van der Waals surface area contributed by atoms with Gasteiger partial charge < -0.3 is 15.6 Å². The predicted molar refractivity (Wildman–Crippen MR) is 75.1 cm³/mol. The summed E-state index contributed by atoms with van der Waals surface area (Å²) in [6.45, 7) is 0.501. The molecule has 2 aromatic rings. The third-order valence-electron chi connectivity index (χ3n) is 2.58. The Balaban J connectivity index is 2.05. The van der Waals surface area contributed by atoms with Crippen LogP contribution in [-0.2, 0) is 13.6 Å². The van der Waals surface area contributed by atoms with E-state index in [1.807, 2.05) is 30.1 Å². The largest absolute Gasteiger partial charge is 0.399 e. The molecule has 1 aromatic carbocycles. The maximum atomic E-state index is 12.0. The molecule has 0 unspecified atom stereocenters. The minimum atomic E-state index is -0.141. The number of benzene rings is 1. The SMILES string of the molecule is Cn1ccc(CNC(=O)c2cc(N)ccc2Br)c1. The monoisotopic (exact) mass is 307 g/mol. The fourth-order valence-corrected chi connectivity index (χ4v) is 2.09. The van der Waals surface area contributed by atoms with Crippen molar-refractivity contribution in [2.75, 3.05) is 5.73 Å². The van der Waals surface area contributed by atoms with E-state index in [9.17, 15) is 4.79 Å². The van der Waals surface area contributed by atoms with Crippen molar-refractivity contribution in [3.8, 4) is 0 Å². The summed E-state index contributed by atoms with van der Waals surface area (Å²) >= 11 is 3.34. The molecule has 1 aromatic heterocycles. The zero-order valence-electron chi connectivity index (χ0n) is 9.98. The molecule has 0 atom stereocenters. The lowest BCUT2D eigenvalue weighted by atomic mass is 10.2. The highest BCUT2D eigenvalue weighted by molar-refractivity contribution is 9.10. The van der Waals surface area contributed by atoms with Crippen molar-refractivity contribution in [2.45, 2.75) is 6.54 Å². The average molecular weight is 308 g/mol. The molecule has 0 aliphatic heterocycles. The molecule has 0 fully saturated rings. The van der Waals surface area contributed by atoms with Gasteiger partial charge in [0.1, 0.15) is 0 Å². The van der Waals surface area contributed by atoms with Gasteiger partial charge in [0.2, 0.25) is 0 Å². The Morgan fingerprint density at radius 3 is 2.89 bits per heavy atom. The van der Waals surface area contributed by atoms with Gasteiger partial charge >= 0.3 is 0 Å². The van der Waals surface area contributed by atoms with E-state index in [1.165, 1.54) is 0 Å². The summed E-state index contributed by atoms with van der Waals surface area (Å²) in [7, 11) is 1.94. The van der Waals surface area contributed by atoms with E-state index in [-0.39, 0.29) is 5.91 Å². The second-order valence-corrected chi connectivity index (χ2v) is 4.96. The first-order valence-corrected chi connectivity index (χ1v) is 6.29. The second kappa shape index (κ2) is 5.27. The van der Waals surface area contributed by atoms with Crippen LogP contribution in [0, 0.1) is 0 Å². The lowest BCUT2D eigenvalue weighted by Crippen LogP contribution is -2.23. The highest BCUT2D eigenvalue weighted by atomic mass is 79.9. The Kier molecular flexibility index (Phi) is 3.72. The van der Waals surface area contributed by atoms with Gasteiger partial charge in [0.15, 0.2) is 0 Å². The Labute approximate surface area is 114 Å². The molecule has 1 heterocycles. The number of hydrogen-bond donors (Lipinski definition) is 2. The molecule has 94 valence electrons. The van der Waals surface area contributed by atoms with E-state index < -0.39 is 0 Å². The maximum Gasteiger partial charge on any atom is 0.252 e. The molecule has 0 radical (unpaired) electrons. The van der Waals surface area contributed by atoms with Gasteiger partial charge in [-0.3, -0.25) is 4.79 Å². The minimum Gasteiger partial charge on any atom is -0.399 e. The molecule has 0 saturated carbocycles. The van der Waals surface area contributed by atoms with Crippen molar-refractivity contribution in [1.29, 1.82) is 0 Å². The van der Waals surface area contributed by atoms with E-state index >= 15 is 0 Å². The van der Waals surface area contributed by atoms with E-state index in [4.69, 9.17) is 5.73 Å². The van der Waals surface area contributed by atoms with Gasteiger partial charge in [-0.25, -0.2) is 0 Å². The smallest absolute Gasteiger partial charge is 0.252 e. The number of carbonyl (C=O) groups excluding carboxylic acids is 1. The van der Waals surface area contributed by atoms with Crippen LogP contribution in [0.15, 0.2) is 41.1 Å². The van der Waals surface area contributed by atoms with E-state index in [2.05, 4.69) is 21.2 Å². The fourth-order valence-electron chi connectivity index (χ4n) is 1.66. The highest BCUT2D eigenvalue weighted by Crippen LogP contribution is 2.19. The lowest BCUT2D eigenvalue weighted by Gasteiger charge is -2.06. The number of nitrogens with two attached hydrogens (primary N) is 1. The number of amides is 1. The Morgan fingerprint density at radius 2 is 2.22 bits per heavy atom. The van der Waals surface area contributed by atoms with E-state index in [1.54, 1.807) is 18.2 Å². The third kappa shape index (κ3) is 2.92. The molecule has 0 saturated heterocycles. The van der Waals surface area contributed by atoms with Crippen LogP contribution in [0.3, 0.4) is 0 Å². The van der Waals surface area contributed by atoms with E-state index in [0.717, 1.165) is 10.0 Å². The van der Waals surface area contributed by atoms with E-state index in [0.29, 0.717) is 17.8 Å². The molecule has 1 amide bonds. The zero-order chi connectivity index (χ0) is 13.1. The van der Waals surface area contributed by atoms with Crippen LogP contribution in [0.2, 0.25) is 0 Å². The van der Waals surface area contributed by atoms with Crippen molar-refractivity contribution in [1.82, 2.24) is 9.88 Å². The van der Waals surface area contributed by atoms with Gasteiger partial charge in [0, 0.05) is 36.1 Å². The topological polar surface area (TPSA) is 60.0 Å². The number of carbonyl (C=O) groups is 1. The molecule has 5 heteroatoms. The number of aryl methyl sites for hydroxylation is 1. The Hall–Kier alpha value is -1.75. The molecule has 18 heavy (non-hydrogen) atoms. The number of nitrogens with zero attached hydrogens (tertiary/aromatic N) is 1. The molecule has 3 N–H and O–H groups in total. The van der Waals surface area contributed by atoms with Crippen molar-refractivity contribution in [3.05, 3.63) is 52.3 Å². The first-order chi connectivity index (χ1) is 8.56. The van der Waals surface area contributed by atoms with Crippen LogP contribution in [0.25, 0.3) is 0 Å². The average Bonchev–Trinajstić information content (AvgIpc) is 2.75. The van der Waals surface area contributed by atoms with Gasteiger partial charge in [0.25, 0.3) is 5.91 Å². The number of anilines is 1. The molecule has 2 rings (SSSR count). The summed E-state index contributed by atoms with van der Waals surface area (Å²) in [5.41, 5.74) is 7.85. The summed E-state index contributed by atoms with van der Waals surface area (Å²) in [5, 5.41) is 2.86. The third-order valence-corrected chi connectivity index (χ3v) is 3.27. The van der Waals surface area contributed by atoms with Gasteiger partial charge in [-0.1, -0.05) is 0 Å². The molecule has 0 spiro atoms. The van der Waals surface area contributed by atoms with Gasteiger partial charge in [-0.15, -0.1) is 0 Å². The Bertz CT molecular complexity index is 577. The predicted octanol–water partition coefficient (Wildman–Crippen LogP) is 2.30. The van der Waals surface area contributed by atoms with Crippen LogP contribution in [-0.4, -0.2) is 10.5 Å². The lowest BCUT2D eigenvalue weighted by molar-refractivity contribution is 0.0950. The summed E-state index contributed by atoms with van der Waals surface area (Å²) in [6, 6.07) is 7.14. The minimum absolute atomic E-state index is 0.141. The van der Waals surface area contributed by atoms with Crippen molar-refractivity contribution in [2.24, 2.45) is 7.05 Å². The van der Waals surface area contributed by atoms with Crippen LogP contribution in [0.1, 0.15) is 15.9 Å². The maximum absolute atomic E-state index is 12.0. The Morgan fingerprint density at radius 1 is 1.44 bits per heavy atom. The summed E-state index contributed by atoms with van der Waals surface area (Å²) in [4.78, 5) is 12.0. The van der Waals surface area contributed by atoms with Crippen LogP contribution in [0.5, 0.6) is 0 Å². The zero-order valence-corrected chi connectivity index (χ0v) is 11.6. The van der Waals surface area contributed by atoms with Gasteiger partial charge in [-0.2, -0.15) is 0 Å². The van der Waals surface area contributed by atoms with Crippen LogP contribution >= 0.6 is 15.9 Å². The highest BCUT2D eigenvalue weighted by Gasteiger charge is 2.10. The first kappa shape index (κ1) is 12.7. The standard InChI is InChI=1S/C13H14BrN3O/c1-17-5-4-9(8-17)7-16-13(18)11-6-10(15)2-3-12(11)14/h2-6,8H,7,15H2,1H3,(H,16,18). The first-order valence-electron chi connectivity index (χ1n) is 5.50. The molecule has 4 nitrogen and oxygen atoms in total. The number of hydrogen-bond acceptors (Lipinski definition) is 2. The van der Waals surface area contributed by atoms with Crippen molar-refractivity contribution in [3.63, 3.8) is 0 Å². The number of rotatable bonds is 3. The number of halogens is 1. The quantitative estimate of drug-likeness (QED) is 0.855. The fraction of sp³-hybridized carbons (Fsp3) is 0.154. The van der Waals surface area contributed by atoms with Crippen LogP contribution < -0.4 is 11.1 Å². The molecule has 0 aliphatic carbocycles. The summed E-state index contributed by atoms with van der Waals surface area (Å²) < 4.78 is 2.68. The molecule has 0 bridgehead atoms. The normalized spacial score (nSPS) is 10.3. The summed E-state index contributed by atoms with van der Waals surface area (Å²) in [6.07, 6.45) is 3.91. The number of nitrogen functional groups attached to an aromatic ring is 1.